The van der Waals surface area contributed by atoms with Gasteiger partial charge in [0.15, 0.2) is 0 Å². The van der Waals surface area contributed by atoms with Crippen LogP contribution >= 0.6 is 0 Å². The average molecular weight is 210 g/mol. The summed E-state index contributed by atoms with van der Waals surface area (Å²) in [5.74, 6) is 1.76. The lowest BCUT2D eigenvalue weighted by Gasteiger charge is -2.16. The van der Waals surface area contributed by atoms with Crippen LogP contribution in [0.1, 0.15) is 32.1 Å². The van der Waals surface area contributed by atoms with E-state index in [1.807, 2.05) is 0 Å². The van der Waals surface area contributed by atoms with E-state index in [0.29, 0.717) is 5.92 Å². The number of hydrogen-bond acceptors (Lipinski definition) is 5. The zero-order valence-electron chi connectivity index (χ0n) is 9.36. The highest BCUT2D eigenvalue weighted by molar-refractivity contribution is 5.28. The fourth-order valence-electron chi connectivity index (χ4n) is 1.64. The van der Waals surface area contributed by atoms with E-state index in [1.165, 1.54) is 0 Å². The van der Waals surface area contributed by atoms with Crippen LogP contribution in [-0.2, 0) is 0 Å². The molecule has 0 radical (unpaired) electrons. The summed E-state index contributed by atoms with van der Waals surface area (Å²) < 4.78 is 5.20. The molecule has 1 aromatic heterocycles. The van der Waals surface area contributed by atoms with E-state index in [0.717, 1.165) is 44.4 Å². The van der Waals surface area contributed by atoms with Gasteiger partial charge in [-0.3, -0.25) is 0 Å². The Hall–Kier alpha value is -1.10. The summed E-state index contributed by atoms with van der Waals surface area (Å²) >= 11 is 0. The van der Waals surface area contributed by atoms with Gasteiger partial charge in [0, 0.05) is 25.6 Å². The molecule has 0 atom stereocenters. The lowest BCUT2D eigenvalue weighted by molar-refractivity contribution is 0.364. The van der Waals surface area contributed by atoms with Crippen LogP contribution in [0.25, 0.3) is 0 Å². The smallest absolute Gasteiger partial charge is 0.266 e. The summed E-state index contributed by atoms with van der Waals surface area (Å²) in [6, 6.07) is 0. The van der Waals surface area contributed by atoms with Crippen molar-refractivity contribution in [2.75, 3.05) is 31.1 Å². The fraction of sp³-hybridized carbons (Fsp3) is 0.800. The zero-order chi connectivity index (χ0) is 10.7. The number of aromatic nitrogens is 2. The molecule has 5 nitrogen and oxygen atoms in total. The van der Waals surface area contributed by atoms with Gasteiger partial charge in [-0.25, -0.2) is 0 Å². The minimum Gasteiger partial charge on any atom is -0.337 e. The van der Waals surface area contributed by atoms with Crippen LogP contribution in [0.15, 0.2) is 4.52 Å². The van der Waals surface area contributed by atoms with Gasteiger partial charge in [-0.05, 0) is 18.1 Å². The van der Waals surface area contributed by atoms with Crippen molar-refractivity contribution in [2.45, 2.75) is 26.2 Å². The Morgan fingerprint density at radius 3 is 2.93 bits per heavy atom. The minimum atomic E-state index is 0.302. The molecule has 84 valence electrons. The Morgan fingerprint density at radius 1 is 1.33 bits per heavy atom. The van der Waals surface area contributed by atoms with Gasteiger partial charge in [-0.15, -0.1) is 0 Å². The van der Waals surface area contributed by atoms with E-state index < -0.39 is 0 Å². The van der Waals surface area contributed by atoms with Crippen molar-refractivity contribution in [1.29, 1.82) is 0 Å². The summed E-state index contributed by atoms with van der Waals surface area (Å²) in [4.78, 5) is 6.57. The number of hydrogen-bond donors (Lipinski definition) is 1. The largest absolute Gasteiger partial charge is 0.337 e. The molecule has 1 fully saturated rings. The van der Waals surface area contributed by atoms with Crippen molar-refractivity contribution in [3.8, 4) is 0 Å². The van der Waals surface area contributed by atoms with Crippen molar-refractivity contribution in [3.63, 3.8) is 0 Å². The zero-order valence-corrected chi connectivity index (χ0v) is 9.36. The lowest BCUT2D eigenvalue weighted by Crippen LogP contribution is -2.28. The Bertz CT molecular complexity index is 302. The summed E-state index contributed by atoms with van der Waals surface area (Å²) in [7, 11) is 0. The quantitative estimate of drug-likeness (QED) is 0.789. The standard InChI is InChI=1S/C10H18N4O/c1-8(2)9-12-10(13-15-9)14-6-3-4-11-5-7-14/h8,11H,3-7H2,1-2H3. The van der Waals surface area contributed by atoms with E-state index >= 15 is 0 Å². The van der Waals surface area contributed by atoms with Crippen molar-refractivity contribution >= 4 is 5.95 Å². The molecule has 0 amide bonds. The van der Waals surface area contributed by atoms with Crippen molar-refractivity contribution in [1.82, 2.24) is 15.5 Å². The third-order valence-corrected chi connectivity index (χ3v) is 2.55. The van der Waals surface area contributed by atoms with Gasteiger partial charge in [0.1, 0.15) is 0 Å². The highest BCUT2D eigenvalue weighted by Gasteiger charge is 2.16. The van der Waals surface area contributed by atoms with E-state index in [4.69, 9.17) is 4.52 Å². The Labute approximate surface area is 89.8 Å². The maximum atomic E-state index is 5.20. The Balaban J connectivity index is 2.06. The summed E-state index contributed by atoms with van der Waals surface area (Å²) in [5, 5.41) is 7.36. The van der Waals surface area contributed by atoms with Crippen molar-refractivity contribution in [2.24, 2.45) is 0 Å². The van der Waals surface area contributed by atoms with Crippen molar-refractivity contribution in [3.05, 3.63) is 5.89 Å². The molecule has 1 N–H and O–H groups in total. The van der Waals surface area contributed by atoms with Gasteiger partial charge in [0.2, 0.25) is 5.89 Å². The molecule has 2 heterocycles. The SMILES string of the molecule is CC(C)c1nc(N2CCCNCC2)no1. The molecular weight excluding hydrogens is 192 g/mol. The van der Waals surface area contributed by atoms with Crippen LogP contribution in [-0.4, -0.2) is 36.3 Å². The summed E-state index contributed by atoms with van der Waals surface area (Å²) in [6.45, 7) is 8.14. The third kappa shape index (κ3) is 2.47. The van der Waals surface area contributed by atoms with Gasteiger partial charge < -0.3 is 14.7 Å². The predicted molar refractivity (Wildman–Crippen MR) is 58.1 cm³/mol. The molecule has 1 aliphatic rings. The number of rotatable bonds is 2. The Morgan fingerprint density at radius 2 is 2.20 bits per heavy atom. The third-order valence-electron chi connectivity index (χ3n) is 2.55. The molecule has 2 rings (SSSR count). The fourth-order valence-corrected chi connectivity index (χ4v) is 1.64. The molecule has 0 aliphatic carbocycles. The molecule has 1 saturated heterocycles. The van der Waals surface area contributed by atoms with Gasteiger partial charge in [0.25, 0.3) is 5.95 Å². The topological polar surface area (TPSA) is 54.2 Å². The molecule has 15 heavy (non-hydrogen) atoms. The predicted octanol–water partition coefficient (Wildman–Crippen LogP) is 0.993. The number of nitrogens with zero attached hydrogens (tertiary/aromatic N) is 3. The first kappa shape index (κ1) is 10.4. The van der Waals surface area contributed by atoms with Crippen LogP contribution in [0.4, 0.5) is 5.95 Å². The Kier molecular flexibility index (Phi) is 3.20. The molecule has 0 saturated carbocycles. The van der Waals surface area contributed by atoms with Crippen LogP contribution < -0.4 is 10.2 Å². The maximum Gasteiger partial charge on any atom is 0.266 e. The molecule has 0 spiro atoms. The van der Waals surface area contributed by atoms with Crippen molar-refractivity contribution < 1.29 is 4.52 Å². The first-order valence-corrected chi connectivity index (χ1v) is 5.56. The summed E-state index contributed by atoms with van der Waals surface area (Å²) in [6.07, 6.45) is 1.13. The number of anilines is 1. The molecular formula is C10H18N4O. The summed E-state index contributed by atoms with van der Waals surface area (Å²) in [5.41, 5.74) is 0. The van der Waals surface area contributed by atoms with Gasteiger partial charge in [-0.2, -0.15) is 4.98 Å². The average Bonchev–Trinajstić information content (AvgIpc) is 2.55. The van der Waals surface area contributed by atoms with Crippen LogP contribution in [0.2, 0.25) is 0 Å². The molecule has 5 heteroatoms. The van der Waals surface area contributed by atoms with Crippen LogP contribution in [0, 0.1) is 0 Å². The van der Waals surface area contributed by atoms with E-state index in [2.05, 4.69) is 34.2 Å². The maximum absolute atomic E-state index is 5.20. The molecule has 0 bridgehead atoms. The van der Waals surface area contributed by atoms with Gasteiger partial charge in [-0.1, -0.05) is 13.8 Å². The van der Waals surface area contributed by atoms with Gasteiger partial charge in [0.05, 0.1) is 0 Å². The second kappa shape index (κ2) is 4.61. The van der Waals surface area contributed by atoms with E-state index in [-0.39, 0.29) is 0 Å². The second-order valence-electron chi connectivity index (χ2n) is 4.18. The number of nitrogens with one attached hydrogen (secondary N) is 1. The monoisotopic (exact) mass is 210 g/mol. The molecule has 0 aromatic carbocycles. The first-order valence-electron chi connectivity index (χ1n) is 5.56. The highest BCUT2D eigenvalue weighted by Crippen LogP contribution is 2.16. The lowest BCUT2D eigenvalue weighted by atomic mass is 10.2. The van der Waals surface area contributed by atoms with Crippen LogP contribution in [0.5, 0.6) is 0 Å². The van der Waals surface area contributed by atoms with Gasteiger partial charge >= 0.3 is 0 Å². The van der Waals surface area contributed by atoms with Crippen LogP contribution in [0.3, 0.4) is 0 Å². The second-order valence-corrected chi connectivity index (χ2v) is 4.18. The molecule has 1 aromatic rings. The normalized spacial score (nSPS) is 18.2. The van der Waals surface area contributed by atoms with E-state index in [1.54, 1.807) is 0 Å². The first-order chi connectivity index (χ1) is 7.27. The molecule has 0 unspecified atom stereocenters. The highest BCUT2D eigenvalue weighted by atomic mass is 16.5. The minimum absolute atomic E-state index is 0.302. The van der Waals surface area contributed by atoms with E-state index in [9.17, 15) is 0 Å². The molecule has 1 aliphatic heterocycles.